The monoisotopic (exact) mass is 510 g/mol. The number of amides is 2. The summed E-state index contributed by atoms with van der Waals surface area (Å²) >= 11 is 0. The van der Waals surface area contributed by atoms with Gasteiger partial charge < -0.3 is 15.1 Å². The predicted octanol–water partition coefficient (Wildman–Crippen LogP) is 4.87. The Bertz CT molecular complexity index is 1390. The number of nitrogens with one attached hydrogen (secondary N) is 1. The van der Waals surface area contributed by atoms with E-state index in [2.05, 4.69) is 15.6 Å². The molecule has 1 heterocycles. The molecule has 1 aliphatic carbocycles. The topological polar surface area (TPSA) is 83.4 Å². The standard InChI is InChI=1S/C30H34N6O2/c1-34(2)25-17-15-24(16-18-25)31-29(38)30(19-9-4-10-20-30)35(21-23-11-5-3-6-12-23)28(37)22-36-27-14-8-7-13-26(27)32-33-36/h3,5-8,11-18H,4,9-10,19-22H2,1-2H3,(H,31,38). The molecule has 1 fully saturated rings. The summed E-state index contributed by atoms with van der Waals surface area (Å²) < 4.78 is 1.63. The highest BCUT2D eigenvalue weighted by atomic mass is 16.2. The number of hydrogen-bond acceptors (Lipinski definition) is 5. The number of fused-ring (bicyclic) bond motifs is 1. The van der Waals surface area contributed by atoms with Crippen LogP contribution in [0.25, 0.3) is 11.0 Å². The van der Waals surface area contributed by atoms with E-state index < -0.39 is 5.54 Å². The van der Waals surface area contributed by atoms with Gasteiger partial charge in [0.05, 0.1) is 5.52 Å². The molecule has 196 valence electrons. The molecule has 3 aromatic carbocycles. The van der Waals surface area contributed by atoms with Crippen molar-refractivity contribution in [3.8, 4) is 0 Å². The molecule has 2 amide bonds. The lowest BCUT2D eigenvalue weighted by molar-refractivity contribution is -0.149. The molecular formula is C30H34N6O2. The number of carbonyl (C=O) groups excluding carboxylic acids is 2. The number of anilines is 2. The van der Waals surface area contributed by atoms with Crippen molar-refractivity contribution in [2.24, 2.45) is 0 Å². The number of nitrogens with zero attached hydrogens (tertiary/aromatic N) is 5. The maximum atomic E-state index is 14.1. The first-order valence-corrected chi connectivity index (χ1v) is 13.2. The van der Waals surface area contributed by atoms with Crippen LogP contribution < -0.4 is 10.2 Å². The van der Waals surface area contributed by atoms with Gasteiger partial charge in [0.15, 0.2) is 0 Å². The minimum Gasteiger partial charge on any atom is -0.378 e. The molecule has 5 rings (SSSR count). The molecule has 0 atom stereocenters. The van der Waals surface area contributed by atoms with Crippen LogP contribution in [-0.2, 0) is 22.7 Å². The van der Waals surface area contributed by atoms with Gasteiger partial charge in [-0.2, -0.15) is 0 Å². The van der Waals surface area contributed by atoms with E-state index in [0.717, 1.165) is 47.2 Å². The molecule has 0 unspecified atom stereocenters. The molecule has 38 heavy (non-hydrogen) atoms. The first-order valence-electron chi connectivity index (χ1n) is 13.2. The SMILES string of the molecule is CN(C)c1ccc(NC(=O)C2(N(Cc3ccccc3)C(=O)Cn3nnc4ccccc43)CCCCC2)cc1. The largest absolute Gasteiger partial charge is 0.378 e. The van der Waals surface area contributed by atoms with Crippen LogP contribution in [0.15, 0.2) is 78.9 Å². The zero-order valence-corrected chi connectivity index (χ0v) is 22.0. The number of aromatic nitrogens is 3. The first kappa shape index (κ1) is 25.4. The summed E-state index contributed by atoms with van der Waals surface area (Å²) in [4.78, 5) is 32.0. The fraction of sp³-hybridized carbons (Fsp3) is 0.333. The summed E-state index contributed by atoms with van der Waals surface area (Å²) in [7, 11) is 3.96. The van der Waals surface area contributed by atoms with Crippen molar-refractivity contribution < 1.29 is 9.59 Å². The van der Waals surface area contributed by atoms with Gasteiger partial charge in [-0.05, 0) is 54.8 Å². The second kappa shape index (κ2) is 11.0. The van der Waals surface area contributed by atoms with E-state index in [4.69, 9.17) is 0 Å². The van der Waals surface area contributed by atoms with Crippen LogP contribution in [0.4, 0.5) is 11.4 Å². The van der Waals surface area contributed by atoms with Gasteiger partial charge in [0, 0.05) is 32.0 Å². The van der Waals surface area contributed by atoms with Gasteiger partial charge in [-0.25, -0.2) is 4.68 Å². The van der Waals surface area contributed by atoms with Gasteiger partial charge in [-0.15, -0.1) is 5.10 Å². The van der Waals surface area contributed by atoms with E-state index in [9.17, 15) is 9.59 Å². The van der Waals surface area contributed by atoms with Crippen LogP contribution in [0.2, 0.25) is 0 Å². The maximum Gasteiger partial charge on any atom is 0.250 e. The lowest BCUT2D eigenvalue weighted by Gasteiger charge is -2.45. The Labute approximate surface area is 223 Å². The highest BCUT2D eigenvalue weighted by Gasteiger charge is 2.47. The van der Waals surface area contributed by atoms with Gasteiger partial charge in [0.1, 0.15) is 17.6 Å². The zero-order chi connectivity index (χ0) is 26.5. The Hall–Kier alpha value is -4.20. The number of rotatable bonds is 8. The van der Waals surface area contributed by atoms with Gasteiger partial charge in [-0.3, -0.25) is 9.59 Å². The summed E-state index contributed by atoms with van der Waals surface area (Å²) in [5.41, 5.74) is 3.33. The third kappa shape index (κ3) is 5.25. The van der Waals surface area contributed by atoms with E-state index in [0.29, 0.717) is 19.4 Å². The summed E-state index contributed by atoms with van der Waals surface area (Å²) in [5.74, 6) is -0.285. The second-order valence-electron chi connectivity index (χ2n) is 10.2. The van der Waals surface area contributed by atoms with Gasteiger partial charge in [0.2, 0.25) is 11.8 Å². The molecule has 0 radical (unpaired) electrons. The summed E-state index contributed by atoms with van der Waals surface area (Å²) in [6.07, 6.45) is 4.06. The van der Waals surface area contributed by atoms with Crippen LogP contribution in [0, 0.1) is 0 Å². The lowest BCUT2D eigenvalue weighted by Crippen LogP contribution is -2.60. The van der Waals surface area contributed by atoms with Crippen molar-refractivity contribution in [3.63, 3.8) is 0 Å². The molecule has 1 aliphatic rings. The molecule has 0 bridgehead atoms. The average Bonchev–Trinajstić information content (AvgIpc) is 3.35. The van der Waals surface area contributed by atoms with Gasteiger partial charge >= 0.3 is 0 Å². The first-order chi connectivity index (χ1) is 18.5. The smallest absolute Gasteiger partial charge is 0.250 e. The van der Waals surface area contributed by atoms with Crippen molar-refractivity contribution in [1.82, 2.24) is 19.9 Å². The van der Waals surface area contributed by atoms with Gasteiger partial charge in [0.25, 0.3) is 0 Å². The molecule has 1 saturated carbocycles. The van der Waals surface area contributed by atoms with Crippen LogP contribution in [0.1, 0.15) is 37.7 Å². The quantitative estimate of drug-likeness (QED) is 0.366. The van der Waals surface area contributed by atoms with Crippen molar-refractivity contribution in [2.45, 2.75) is 50.7 Å². The molecule has 1 aromatic heterocycles. The maximum absolute atomic E-state index is 14.1. The Kier molecular flexibility index (Phi) is 7.40. The molecular weight excluding hydrogens is 476 g/mol. The van der Waals surface area contributed by atoms with Crippen LogP contribution >= 0.6 is 0 Å². The van der Waals surface area contributed by atoms with E-state index in [1.807, 2.05) is 97.9 Å². The van der Waals surface area contributed by atoms with Crippen molar-refractivity contribution >= 4 is 34.2 Å². The number of benzene rings is 3. The fourth-order valence-corrected chi connectivity index (χ4v) is 5.34. The molecule has 1 N–H and O–H groups in total. The molecule has 0 spiro atoms. The third-order valence-electron chi connectivity index (χ3n) is 7.45. The van der Waals surface area contributed by atoms with Crippen molar-refractivity contribution in [1.29, 1.82) is 0 Å². The normalized spacial score (nSPS) is 14.7. The van der Waals surface area contributed by atoms with Crippen molar-refractivity contribution in [3.05, 3.63) is 84.4 Å². The minimum absolute atomic E-state index is 0.0138. The lowest BCUT2D eigenvalue weighted by atomic mass is 9.78. The highest BCUT2D eigenvalue weighted by molar-refractivity contribution is 6.00. The second-order valence-corrected chi connectivity index (χ2v) is 10.2. The van der Waals surface area contributed by atoms with E-state index in [1.54, 1.807) is 9.58 Å². The summed E-state index contributed by atoms with van der Waals surface area (Å²) in [5, 5.41) is 11.6. The van der Waals surface area contributed by atoms with E-state index in [-0.39, 0.29) is 18.4 Å². The predicted molar refractivity (Wildman–Crippen MR) is 150 cm³/mol. The Morgan fingerprint density at radius 1 is 0.895 bits per heavy atom. The van der Waals surface area contributed by atoms with Crippen LogP contribution in [0.3, 0.4) is 0 Å². The van der Waals surface area contributed by atoms with Crippen LogP contribution in [0.5, 0.6) is 0 Å². The van der Waals surface area contributed by atoms with E-state index in [1.165, 1.54) is 0 Å². The number of para-hydroxylation sites is 1. The Morgan fingerprint density at radius 2 is 1.58 bits per heavy atom. The summed E-state index contributed by atoms with van der Waals surface area (Å²) in [6, 6.07) is 25.3. The Balaban J connectivity index is 1.48. The average molecular weight is 511 g/mol. The highest BCUT2D eigenvalue weighted by Crippen LogP contribution is 2.37. The molecule has 4 aromatic rings. The Morgan fingerprint density at radius 3 is 2.29 bits per heavy atom. The number of hydrogen-bond donors (Lipinski definition) is 1. The van der Waals surface area contributed by atoms with Crippen molar-refractivity contribution in [2.75, 3.05) is 24.3 Å². The summed E-state index contributed by atoms with van der Waals surface area (Å²) in [6.45, 7) is 0.360. The molecule has 0 saturated heterocycles. The molecule has 0 aliphatic heterocycles. The zero-order valence-electron chi connectivity index (χ0n) is 22.0. The third-order valence-corrected chi connectivity index (χ3v) is 7.45. The van der Waals surface area contributed by atoms with Gasteiger partial charge in [-0.1, -0.05) is 66.9 Å². The number of carbonyl (C=O) groups is 2. The van der Waals surface area contributed by atoms with Crippen LogP contribution in [-0.4, -0.2) is 51.3 Å². The minimum atomic E-state index is -0.957. The van der Waals surface area contributed by atoms with E-state index >= 15 is 0 Å². The molecule has 8 nitrogen and oxygen atoms in total. The fourth-order valence-electron chi connectivity index (χ4n) is 5.34. The molecule has 8 heteroatoms.